The zero-order valence-corrected chi connectivity index (χ0v) is 31.2. The summed E-state index contributed by atoms with van der Waals surface area (Å²) in [4.78, 5) is 42.2. The van der Waals surface area contributed by atoms with Crippen molar-refractivity contribution in [2.45, 2.75) is 65.0 Å². The summed E-state index contributed by atoms with van der Waals surface area (Å²) in [5.74, 6) is 1.49. The van der Waals surface area contributed by atoms with Gasteiger partial charge in [-0.25, -0.2) is 29.5 Å². The van der Waals surface area contributed by atoms with Crippen molar-refractivity contribution in [3.63, 3.8) is 0 Å². The Morgan fingerprint density at radius 3 is 1.61 bits per heavy atom. The van der Waals surface area contributed by atoms with Crippen molar-refractivity contribution in [3.8, 4) is 23.0 Å². The molecule has 276 valence electrons. The van der Waals surface area contributed by atoms with E-state index in [4.69, 9.17) is 52.0 Å². The van der Waals surface area contributed by atoms with Crippen molar-refractivity contribution in [2.75, 3.05) is 40.4 Å². The highest BCUT2D eigenvalue weighted by Gasteiger charge is 2.36. The monoisotopic (exact) mass is 748 g/mol. The van der Waals surface area contributed by atoms with Crippen LogP contribution in [0.2, 0.25) is 10.3 Å². The fourth-order valence-electron chi connectivity index (χ4n) is 4.59. The second kappa shape index (κ2) is 16.2. The van der Waals surface area contributed by atoms with Gasteiger partial charge in [0.25, 0.3) is 0 Å². The minimum Gasteiger partial charge on any atom is -0.504 e. The molecule has 0 atom stereocenters. The van der Waals surface area contributed by atoms with Crippen LogP contribution in [0.5, 0.6) is 23.0 Å². The third kappa shape index (κ3) is 10.7. The van der Waals surface area contributed by atoms with E-state index in [9.17, 15) is 14.7 Å². The zero-order valence-electron chi connectivity index (χ0n) is 29.6. The largest absolute Gasteiger partial charge is 0.504 e. The van der Waals surface area contributed by atoms with Gasteiger partial charge in [-0.3, -0.25) is 0 Å². The lowest BCUT2D eigenvalue weighted by Gasteiger charge is -2.39. The molecule has 0 bridgehead atoms. The van der Waals surface area contributed by atoms with Gasteiger partial charge in [0.2, 0.25) is 0 Å². The number of benzene rings is 2. The molecular formula is C34H42Cl2N6O9. The molecule has 0 saturated carbocycles. The summed E-state index contributed by atoms with van der Waals surface area (Å²) in [6.45, 7) is 12.7. The number of phenolic OH excluding ortho intramolecular Hbond substituents is 1. The molecule has 2 aromatic heterocycles. The van der Waals surface area contributed by atoms with Crippen LogP contribution < -0.4 is 14.2 Å². The van der Waals surface area contributed by atoms with Gasteiger partial charge in [0.1, 0.15) is 40.3 Å². The van der Waals surface area contributed by atoms with Crippen molar-refractivity contribution >= 4 is 57.2 Å². The number of hydrogen-bond acceptors (Lipinski definition) is 13. The topological polar surface area (TPSA) is 179 Å². The van der Waals surface area contributed by atoms with Crippen molar-refractivity contribution in [1.29, 1.82) is 0 Å². The van der Waals surface area contributed by atoms with Crippen LogP contribution in [0.3, 0.4) is 0 Å². The Morgan fingerprint density at radius 1 is 0.706 bits per heavy atom. The summed E-state index contributed by atoms with van der Waals surface area (Å²) in [7, 11) is 3.04. The Hall–Kier alpha value is -4.60. The first-order valence-corrected chi connectivity index (χ1v) is 16.6. The average Bonchev–Trinajstić information content (AvgIpc) is 3.00. The smallest absolute Gasteiger partial charge is 0.410 e. The average molecular weight is 750 g/mol. The number of amides is 2. The van der Waals surface area contributed by atoms with Crippen LogP contribution in [0.15, 0.2) is 36.9 Å². The lowest BCUT2D eigenvalue weighted by Crippen LogP contribution is -2.57. The van der Waals surface area contributed by atoms with Crippen LogP contribution >= 0.6 is 23.2 Å². The molecule has 2 N–H and O–H groups in total. The Bertz CT molecular complexity index is 1860. The normalized spacial score (nSPS) is 14.6. The molecule has 15 nitrogen and oxygen atoms in total. The SMILES string of the molecule is CC(C)(C)OC(=O)N1CC(O)C1.COc1cc2ncnc(Cl)c2cc1O.COc1cc2ncnc(Cl)c2cc1OC1CN(C(=O)OC(C)(C)C)C1. The van der Waals surface area contributed by atoms with Gasteiger partial charge in [-0.15, -0.1) is 0 Å². The fraction of sp³-hybridized carbons (Fsp3) is 0.471. The molecular weight excluding hydrogens is 707 g/mol. The number of fused-ring (bicyclic) bond motifs is 2. The van der Waals surface area contributed by atoms with Crippen LogP contribution in [0.4, 0.5) is 9.59 Å². The minimum atomic E-state index is -0.513. The molecule has 6 rings (SSSR count). The predicted octanol–water partition coefficient (Wildman–Crippen LogP) is 5.89. The number of carbonyl (C=O) groups excluding carboxylic acids is 2. The van der Waals surface area contributed by atoms with Crippen LogP contribution in [-0.2, 0) is 9.47 Å². The number of aliphatic hydroxyl groups is 1. The minimum absolute atomic E-state index is 0.0247. The number of likely N-dealkylation sites (tertiary alicyclic amines) is 2. The number of aromatic nitrogens is 4. The van der Waals surface area contributed by atoms with E-state index in [1.54, 1.807) is 30.2 Å². The van der Waals surface area contributed by atoms with E-state index in [0.29, 0.717) is 75.5 Å². The molecule has 0 aliphatic carbocycles. The number of rotatable bonds is 4. The summed E-state index contributed by atoms with van der Waals surface area (Å²) in [5, 5.41) is 20.4. The predicted molar refractivity (Wildman–Crippen MR) is 190 cm³/mol. The first-order chi connectivity index (χ1) is 23.9. The zero-order chi connectivity index (χ0) is 37.7. The quantitative estimate of drug-likeness (QED) is 0.236. The summed E-state index contributed by atoms with van der Waals surface area (Å²) in [5.41, 5.74) is 0.353. The van der Waals surface area contributed by atoms with Gasteiger partial charge in [0, 0.05) is 22.9 Å². The number of phenols is 1. The third-order valence-corrected chi connectivity index (χ3v) is 7.67. The molecule has 51 heavy (non-hydrogen) atoms. The molecule has 17 heteroatoms. The number of carbonyl (C=O) groups is 2. The third-order valence-electron chi connectivity index (χ3n) is 7.07. The summed E-state index contributed by atoms with van der Waals surface area (Å²) < 4.78 is 26.7. The molecule has 0 spiro atoms. The number of methoxy groups -OCH3 is 2. The standard InChI is InChI=1S/C17H20ClN3O4.C9H7ClN2O2.C8H15NO3/c1-17(2,3)25-16(22)21-7-10(8-21)24-14-5-11-12(6-13(14)23-4)19-9-20-15(11)18;1-14-8-3-6-5(2-7(8)13)9(10)12-4-11-6;1-8(2,3)12-7(11)9-4-6(10)5-9/h5-6,9-10H,7-8H2,1-4H3;2-4,13H,1H3;6,10H,4-5H2,1-3H3. The number of nitrogens with zero attached hydrogens (tertiary/aromatic N) is 6. The number of aliphatic hydroxyl groups excluding tert-OH is 1. The van der Waals surface area contributed by atoms with Gasteiger partial charge < -0.3 is 43.7 Å². The van der Waals surface area contributed by atoms with Crippen molar-refractivity contribution < 1.29 is 43.5 Å². The Balaban J connectivity index is 0.000000189. The van der Waals surface area contributed by atoms with Crippen molar-refractivity contribution in [2.24, 2.45) is 0 Å². The van der Waals surface area contributed by atoms with Gasteiger partial charge >= 0.3 is 12.2 Å². The molecule has 4 aromatic rings. The maximum atomic E-state index is 12.0. The second-order valence-corrected chi connectivity index (χ2v) is 14.3. The van der Waals surface area contributed by atoms with Crippen molar-refractivity contribution in [3.05, 3.63) is 47.2 Å². The number of aromatic hydroxyl groups is 1. The fourth-order valence-corrected chi connectivity index (χ4v) is 4.98. The molecule has 2 amide bonds. The van der Waals surface area contributed by atoms with Crippen LogP contribution in [0.1, 0.15) is 41.5 Å². The van der Waals surface area contributed by atoms with E-state index in [2.05, 4.69) is 19.9 Å². The Labute approximate surface area is 305 Å². The van der Waals surface area contributed by atoms with Gasteiger partial charge in [-0.1, -0.05) is 23.2 Å². The van der Waals surface area contributed by atoms with E-state index in [1.807, 2.05) is 41.5 Å². The molecule has 2 aliphatic rings. The van der Waals surface area contributed by atoms with Crippen LogP contribution in [0.25, 0.3) is 21.8 Å². The first-order valence-electron chi connectivity index (χ1n) is 15.8. The highest BCUT2D eigenvalue weighted by atomic mass is 35.5. The second-order valence-electron chi connectivity index (χ2n) is 13.6. The molecule has 2 aliphatic heterocycles. The van der Waals surface area contributed by atoms with E-state index in [1.165, 1.54) is 30.7 Å². The number of ether oxygens (including phenoxy) is 5. The lowest BCUT2D eigenvalue weighted by molar-refractivity contribution is -0.0303. The number of β-amino-alcohol motifs (C(OH)–C–C–N with tert-alkyl or cyclic N) is 1. The molecule has 2 fully saturated rings. The van der Waals surface area contributed by atoms with E-state index < -0.39 is 11.2 Å². The van der Waals surface area contributed by atoms with Crippen LogP contribution in [-0.4, -0.2) is 116 Å². The molecule has 2 saturated heterocycles. The Kier molecular flexibility index (Phi) is 12.4. The highest BCUT2D eigenvalue weighted by Crippen LogP contribution is 2.36. The lowest BCUT2D eigenvalue weighted by atomic mass is 10.1. The van der Waals surface area contributed by atoms with Gasteiger partial charge in [0.05, 0.1) is 57.5 Å². The molecule has 0 radical (unpaired) electrons. The number of halogens is 2. The van der Waals surface area contributed by atoms with Gasteiger partial charge in [0.15, 0.2) is 23.0 Å². The van der Waals surface area contributed by atoms with E-state index in [0.717, 1.165) is 0 Å². The summed E-state index contributed by atoms with van der Waals surface area (Å²) >= 11 is 11.9. The maximum absolute atomic E-state index is 12.0. The van der Waals surface area contributed by atoms with E-state index in [-0.39, 0.29) is 30.1 Å². The Morgan fingerprint density at radius 2 is 1.16 bits per heavy atom. The maximum Gasteiger partial charge on any atom is 0.410 e. The molecule has 0 unspecified atom stereocenters. The molecule has 2 aromatic carbocycles. The van der Waals surface area contributed by atoms with Crippen LogP contribution in [0, 0.1) is 0 Å². The van der Waals surface area contributed by atoms with Crippen molar-refractivity contribution in [1.82, 2.24) is 29.7 Å². The summed E-state index contributed by atoms with van der Waals surface area (Å²) in [6.07, 6.45) is 1.58. The number of hydrogen-bond donors (Lipinski definition) is 2. The summed E-state index contributed by atoms with van der Waals surface area (Å²) in [6, 6.07) is 6.60. The first kappa shape index (κ1) is 39.2. The highest BCUT2D eigenvalue weighted by molar-refractivity contribution is 6.34. The van der Waals surface area contributed by atoms with Gasteiger partial charge in [-0.05, 0) is 53.7 Å². The molecule has 4 heterocycles. The van der Waals surface area contributed by atoms with Gasteiger partial charge in [-0.2, -0.15) is 0 Å². The van der Waals surface area contributed by atoms with E-state index >= 15 is 0 Å².